The normalized spacial score (nSPS) is 23.8. The topological polar surface area (TPSA) is 50.9 Å². The van der Waals surface area contributed by atoms with E-state index in [1.807, 2.05) is 18.2 Å². The smallest absolute Gasteiger partial charge is 0.196 e. The number of para-hydroxylation sites is 2. The standard InChI is InChI=1S/C16H23N3O/c1-20-15-10-6-5-9-13(15)19-14(11-18-16(19)17)12-7-3-2-4-8-12/h5-6,9-10,12,14H,2-4,7-8,11H2,1H3,(H2,17,18). The molecule has 108 valence electrons. The molecule has 1 aliphatic heterocycles. The van der Waals surface area contributed by atoms with E-state index in [1.54, 1.807) is 7.11 Å². The Kier molecular flexibility index (Phi) is 3.81. The molecule has 4 nitrogen and oxygen atoms in total. The minimum Gasteiger partial charge on any atom is -0.495 e. The predicted molar refractivity (Wildman–Crippen MR) is 82.3 cm³/mol. The van der Waals surface area contributed by atoms with Crippen LogP contribution in [0.15, 0.2) is 29.3 Å². The van der Waals surface area contributed by atoms with Crippen LogP contribution in [0, 0.1) is 5.92 Å². The van der Waals surface area contributed by atoms with Gasteiger partial charge in [0.1, 0.15) is 5.75 Å². The highest BCUT2D eigenvalue weighted by Crippen LogP contribution is 2.37. The molecule has 2 N–H and O–H groups in total. The van der Waals surface area contributed by atoms with Gasteiger partial charge in [0.15, 0.2) is 5.96 Å². The highest BCUT2D eigenvalue weighted by molar-refractivity contribution is 5.98. The van der Waals surface area contributed by atoms with Crippen LogP contribution >= 0.6 is 0 Å². The Morgan fingerprint density at radius 1 is 1.20 bits per heavy atom. The summed E-state index contributed by atoms with van der Waals surface area (Å²) >= 11 is 0. The highest BCUT2D eigenvalue weighted by atomic mass is 16.5. The van der Waals surface area contributed by atoms with Gasteiger partial charge in [-0.1, -0.05) is 31.4 Å². The van der Waals surface area contributed by atoms with E-state index in [4.69, 9.17) is 10.5 Å². The van der Waals surface area contributed by atoms with Gasteiger partial charge in [0.05, 0.1) is 25.4 Å². The molecule has 1 saturated carbocycles. The van der Waals surface area contributed by atoms with Gasteiger partial charge < -0.3 is 15.4 Å². The summed E-state index contributed by atoms with van der Waals surface area (Å²) in [5.41, 5.74) is 7.20. The SMILES string of the molecule is COc1ccccc1N1C(N)=NCC1C1CCCCC1. The van der Waals surface area contributed by atoms with Crippen LogP contribution < -0.4 is 15.4 Å². The van der Waals surface area contributed by atoms with Gasteiger partial charge in [0.2, 0.25) is 0 Å². The average Bonchev–Trinajstić information content (AvgIpc) is 2.89. The lowest BCUT2D eigenvalue weighted by Crippen LogP contribution is -2.45. The molecule has 1 atom stereocenters. The van der Waals surface area contributed by atoms with Crippen molar-refractivity contribution >= 4 is 11.6 Å². The second-order valence-corrected chi connectivity index (χ2v) is 5.71. The number of hydrogen-bond acceptors (Lipinski definition) is 4. The molecule has 3 rings (SSSR count). The van der Waals surface area contributed by atoms with E-state index < -0.39 is 0 Å². The van der Waals surface area contributed by atoms with Crippen LogP contribution in [0.4, 0.5) is 5.69 Å². The van der Waals surface area contributed by atoms with Crippen molar-refractivity contribution < 1.29 is 4.74 Å². The van der Waals surface area contributed by atoms with Crippen LogP contribution in [0.25, 0.3) is 0 Å². The monoisotopic (exact) mass is 273 g/mol. The third kappa shape index (κ3) is 2.35. The molecule has 1 aromatic carbocycles. The van der Waals surface area contributed by atoms with Gasteiger partial charge in [-0.05, 0) is 30.9 Å². The zero-order valence-electron chi connectivity index (χ0n) is 12.1. The second-order valence-electron chi connectivity index (χ2n) is 5.71. The maximum Gasteiger partial charge on any atom is 0.196 e. The predicted octanol–water partition coefficient (Wildman–Crippen LogP) is 2.78. The minimum absolute atomic E-state index is 0.395. The quantitative estimate of drug-likeness (QED) is 0.921. The number of aliphatic imine (C=N–C) groups is 1. The first-order chi connectivity index (χ1) is 9.81. The van der Waals surface area contributed by atoms with Gasteiger partial charge in [-0.25, -0.2) is 0 Å². The van der Waals surface area contributed by atoms with Crippen molar-refractivity contribution in [2.45, 2.75) is 38.1 Å². The number of hydrogen-bond donors (Lipinski definition) is 1. The van der Waals surface area contributed by atoms with Crippen molar-refractivity contribution in [2.75, 3.05) is 18.6 Å². The van der Waals surface area contributed by atoms with Crippen LogP contribution in [-0.2, 0) is 0 Å². The molecule has 1 aliphatic carbocycles. The summed E-state index contributed by atoms with van der Waals surface area (Å²) in [6.45, 7) is 0.814. The highest BCUT2D eigenvalue weighted by Gasteiger charge is 2.35. The van der Waals surface area contributed by atoms with Crippen molar-refractivity contribution in [2.24, 2.45) is 16.6 Å². The minimum atomic E-state index is 0.395. The molecule has 20 heavy (non-hydrogen) atoms. The van der Waals surface area contributed by atoms with Crippen LogP contribution in [0.2, 0.25) is 0 Å². The largest absolute Gasteiger partial charge is 0.495 e. The van der Waals surface area contributed by atoms with E-state index in [9.17, 15) is 0 Å². The van der Waals surface area contributed by atoms with Crippen molar-refractivity contribution in [1.82, 2.24) is 0 Å². The summed E-state index contributed by atoms with van der Waals surface area (Å²) in [6, 6.07) is 8.47. The molecule has 1 heterocycles. The number of nitrogens with two attached hydrogens (primary N) is 1. The molecule has 0 bridgehead atoms. The first-order valence-corrected chi connectivity index (χ1v) is 7.53. The summed E-state index contributed by atoms with van der Waals surface area (Å²) in [6.07, 6.45) is 6.62. The average molecular weight is 273 g/mol. The van der Waals surface area contributed by atoms with Gasteiger partial charge in [0, 0.05) is 0 Å². The zero-order valence-corrected chi connectivity index (χ0v) is 12.1. The molecule has 0 saturated heterocycles. The summed E-state index contributed by atoms with van der Waals surface area (Å²) in [5.74, 6) is 2.19. The molecule has 0 radical (unpaired) electrons. The summed E-state index contributed by atoms with van der Waals surface area (Å²) in [4.78, 5) is 6.68. The van der Waals surface area contributed by atoms with Gasteiger partial charge >= 0.3 is 0 Å². The number of methoxy groups -OCH3 is 1. The maximum atomic E-state index is 6.15. The van der Waals surface area contributed by atoms with Gasteiger partial charge in [0.25, 0.3) is 0 Å². The van der Waals surface area contributed by atoms with Crippen molar-refractivity contribution in [3.8, 4) is 5.75 Å². The lowest BCUT2D eigenvalue weighted by atomic mass is 9.83. The third-order valence-electron chi connectivity index (χ3n) is 4.56. The molecule has 0 aromatic heterocycles. The van der Waals surface area contributed by atoms with Crippen molar-refractivity contribution in [1.29, 1.82) is 0 Å². The molecule has 0 spiro atoms. The maximum absolute atomic E-state index is 6.15. The van der Waals surface area contributed by atoms with E-state index in [0.29, 0.717) is 17.9 Å². The van der Waals surface area contributed by atoms with Crippen LogP contribution in [0.3, 0.4) is 0 Å². The third-order valence-corrected chi connectivity index (χ3v) is 4.56. The number of ether oxygens (including phenoxy) is 1. The lowest BCUT2D eigenvalue weighted by molar-refractivity contribution is 0.313. The van der Waals surface area contributed by atoms with Gasteiger partial charge in [-0.3, -0.25) is 4.99 Å². The summed E-state index contributed by atoms with van der Waals surface area (Å²) in [5, 5.41) is 0. The number of benzene rings is 1. The van der Waals surface area contributed by atoms with E-state index in [0.717, 1.165) is 18.0 Å². The molecular formula is C16H23N3O. The van der Waals surface area contributed by atoms with E-state index in [1.165, 1.54) is 32.1 Å². The van der Waals surface area contributed by atoms with Crippen LogP contribution in [0.5, 0.6) is 5.75 Å². The Morgan fingerprint density at radius 3 is 2.70 bits per heavy atom. The number of nitrogens with zero attached hydrogens (tertiary/aromatic N) is 2. The van der Waals surface area contributed by atoms with Crippen molar-refractivity contribution in [3.05, 3.63) is 24.3 Å². The number of anilines is 1. The molecule has 1 unspecified atom stereocenters. The number of rotatable bonds is 3. The summed E-state index contributed by atoms with van der Waals surface area (Å²) in [7, 11) is 1.71. The molecule has 2 aliphatic rings. The van der Waals surface area contributed by atoms with E-state index in [-0.39, 0.29) is 0 Å². The van der Waals surface area contributed by atoms with E-state index >= 15 is 0 Å². The Bertz CT molecular complexity index is 494. The molecule has 0 amide bonds. The zero-order chi connectivity index (χ0) is 13.9. The molecule has 1 fully saturated rings. The fourth-order valence-electron chi connectivity index (χ4n) is 3.52. The Labute approximate surface area is 120 Å². The summed E-state index contributed by atoms with van der Waals surface area (Å²) < 4.78 is 5.49. The molecular weight excluding hydrogens is 250 g/mol. The number of guanidine groups is 1. The van der Waals surface area contributed by atoms with Crippen LogP contribution in [0.1, 0.15) is 32.1 Å². The fourth-order valence-corrected chi connectivity index (χ4v) is 3.52. The van der Waals surface area contributed by atoms with Gasteiger partial charge in [-0.15, -0.1) is 0 Å². The fraction of sp³-hybridized carbons (Fsp3) is 0.562. The lowest BCUT2D eigenvalue weighted by Gasteiger charge is -2.35. The Morgan fingerprint density at radius 2 is 1.95 bits per heavy atom. The van der Waals surface area contributed by atoms with Crippen LogP contribution in [-0.4, -0.2) is 25.7 Å². The first-order valence-electron chi connectivity index (χ1n) is 7.53. The second kappa shape index (κ2) is 5.73. The Balaban J connectivity index is 1.89. The van der Waals surface area contributed by atoms with Crippen molar-refractivity contribution in [3.63, 3.8) is 0 Å². The first kappa shape index (κ1) is 13.3. The Hall–Kier alpha value is -1.71. The van der Waals surface area contributed by atoms with E-state index in [2.05, 4.69) is 16.0 Å². The molecule has 4 heteroatoms. The van der Waals surface area contributed by atoms with Gasteiger partial charge in [-0.2, -0.15) is 0 Å². The molecule has 1 aromatic rings.